The lowest BCUT2D eigenvalue weighted by molar-refractivity contribution is -0.138. The van der Waals surface area contributed by atoms with E-state index in [2.05, 4.69) is 21.2 Å². The molecule has 0 unspecified atom stereocenters. The van der Waals surface area contributed by atoms with Crippen molar-refractivity contribution < 1.29 is 14.4 Å². The lowest BCUT2D eigenvalue weighted by Gasteiger charge is -2.41. The van der Waals surface area contributed by atoms with Gasteiger partial charge in [0.05, 0.1) is 10.2 Å². The van der Waals surface area contributed by atoms with Crippen molar-refractivity contribution in [3.63, 3.8) is 0 Å². The highest BCUT2D eigenvalue weighted by Gasteiger charge is 2.50. The molecule has 0 aromatic heterocycles. The number of nitrogens with one attached hydrogen (secondary N) is 1. The second kappa shape index (κ2) is 4.27. The van der Waals surface area contributed by atoms with Gasteiger partial charge in [0.25, 0.3) is 0 Å². The van der Waals surface area contributed by atoms with Crippen LogP contribution in [0, 0.1) is 0 Å². The van der Waals surface area contributed by atoms with Gasteiger partial charge in [-0.2, -0.15) is 0 Å². The second-order valence-corrected chi connectivity index (χ2v) is 6.15. The molecule has 2 amide bonds. The van der Waals surface area contributed by atoms with Gasteiger partial charge in [0, 0.05) is 12.0 Å². The van der Waals surface area contributed by atoms with E-state index in [1.807, 2.05) is 12.1 Å². The van der Waals surface area contributed by atoms with Gasteiger partial charge in [-0.05, 0) is 18.4 Å². The van der Waals surface area contributed by atoms with E-state index in [4.69, 9.17) is 0 Å². The molecular formula is C14H12BrNO3. The Balaban J connectivity index is 2.17. The second-order valence-electron chi connectivity index (χ2n) is 5.04. The molecule has 4 nitrogen and oxygen atoms in total. The summed E-state index contributed by atoms with van der Waals surface area (Å²) >= 11 is 3.36. The highest BCUT2D eigenvalue weighted by atomic mass is 79.9. The summed E-state index contributed by atoms with van der Waals surface area (Å²) in [6, 6.07) is 7.19. The van der Waals surface area contributed by atoms with Crippen molar-refractivity contribution in [2.75, 3.05) is 0 Å². The maximum absolute atomic E-state index is 12.3. The van der Waals surface area contributed by atoms with E-state index in [0.717, 1.165) is 5.56 Å². The zero-order valence-electron chi connectivity index (χ0n) is 10.1. The van der Waals surface area contributed by atoms with Gasteiger partial charge in [0.2, 0.25) is 11.8 Å². The van der Waals surface area contributed by atoms with E-state index >= 15 is 0 Å². The summed E-state index contributed by atoms with van der Waals surface area (Å²) < 4.78 is 0. The number of alkyl halides is 1. The number of hydrogen-bond donors (Lipinski definition) is 1. The first-order chi connectivity index (χ1) is 9.04. The van der Waals surface area contributed by atoms with Crippen molar-refractivity contribution in [1.82, 2.24) is 5.32 Å². The minimum absolute atomic E-state index is 0.00549. The molecule has 0 saturated carbocycles. The predicted molar refractivity (Wildman–Crippen MR) is 72.2 cm³/mol. The van der Waals surface area contributed by atoms with Crippen LogP contribution in [0.4, 0.5) is 0 Å². The van der Waals surface area contributed by atoms with E-state index in [0.29, 0.717) is 24.8 Å². The lowest BCUT2D eigenvalue weighted by atomic mass is 9.65. The molecule has 0 radical (unpaired) electrons. The van der Waals surface area contributed by atoms with Crippen LogP contribution in [-0.2, 0) is 15.0 Å². The molecule has 1 aliphatic carbocycles. The maximum Gasteiger partial charge on any atom is 0.237 e. The summed E-state index contributed by atoms with van der Waals surface area (Å²) in [6.07, 6.45) is 1.18. The highest BCUT2D eigenvalue weighted by Crippen LogP contribution is 2.44. The molecular weight excluding hydrogens is 310 g/mol. The Morgan fingerprint density at radius 3 is 2.68 bits per heavy atom. The van der Waals surface area contributed by atoms with E-state index in [9.17, 15) is 14.4 Å². The Bertz CT molecular complexity index is 598. The predicted octanol–water partition coefficient (Wildman–Crippen LogP) is 1.71. The molecule has 1 aromatic carbocycles. The van der Waals surface area contributed by atoms with Crippen molar-refractivity contribution in [3.8, 4) is 0 Å². The Hall–Kier alpha value is -1.49. The minimum Gasteiger partial charge on any atom is -0.296 e. The van der Waals surface area contributed by atoms with E-state index in [1.165, 1.54) is 0 Å². The summed E-state index contributed by atoms with van der Waals surface area (Å²) in [5.41, 5.74) is 0.577. The molecule has 1 aromatic rings. The number of fused-ring (bicyclic) bond motifs is 2. The summed E-state index contributed by atoms with van der Waals surface area (Å²) in [6.45, 7) is 0. The number of rotatable bonds is 0. The third kappa shape index (κ3) is 1.75. The zero-order chi connectivity index (χ0) is 13.6. The van der Waals surface area contributed by atoms with E-state index < -0.39 is 5.41 Å². The first kappa shape index (κ1) is 12.5. The molecule has 1 saturated heterocycles. The van der Waals surface area contributed by atoms with Crippen molar-refractivity contribution >= 4 is 33.5 Å². The number of imide groups is 1. The number of amides is 2. The summed E-state index contributed by atoms with van der Waals surface area (Å²) in [5, 5.41) is 2.41. The molecule has 19 heavy (non-hydrogen) atoms. The number of hydrogen-bond acceptors (Lipinski definition) is 3. The number of Topliss-reactive ketones (excluding diaryl/α,β-unsaturated/α-hetero) is 1. The molecule has 1 spiro atoms. The molecule has 1 heterocycles. The standard InChI is InChI=1S/C14H12BrNO3/c15-10-7-14(6-5-11(17)16-13(14)19)9-4-2-1-3-8(9)12(10)18/h1-4,10H,5-7H2,(H,16,17,19)/t10-,14-/m1/s1. The SMILES string of the molecule is O=C1CC[C@]2(C[C@@H](Br)C(=O)c3ccccc32)C(=O)N1. The molecule has 2 atom stereocenters. The Morgan fingerprint density at radius 2 is 1.95 bits per heavy atom. The average Bonchev–Trinajstić information content (AvgIpc) is 2.40. The summed E-state index contributed by atoms with van der Waals surface area (Å²) in [4.78, 5) is 35.5. The largest absolute Gasteiger partial charge is 0.296 e. The van der Waals surface area contributed by atoms with Crippen molar-refractivity contribution in [2.24, 2.45) is 0 Å². The third-order valence-electron chi connectivity index (χ3n) is 3.99. The van der Waals surface area contributed by atoms with Crippen LogP contribution in [0.25, 0.3) is 0 Å². The smallest absolute Gasteiger partial charge is 0.237 e. The molecule has 0 bridgehead atoms. The van der Waals surface area contributed by atoms with Crippen LogP contribution in [0.15, 0.2) is 24.3 Å². The van der Waals surface area contributed by atoms with Gasteiger partial charge < -0.3 is 0 Å². The number of benzene rings is 1. The number of ketones is 1. The number of carbonyl (C=O) groups is 3. The summed E-state index contributed by atoms with van der Waals surface area (Å²) in [5.74, 6) is -0.518. The van der Waals surface area contributed by atoms with Crippen LogP contribution in [0.1, 0.15) is 35.2 Å². The molecule has 1 fully saturated rings. The molecule has 98 valence electrons. The van der Waals surface area contributed by atoms with Crippen molar-refractivity contribution in [1.29, 1.82) is 0 Å². The van der Waals surface area contributed by atoms with Crippen LogP contribution in [-0.4, -0.2) is 22.4 Å². The first-order valence-corrected chi connectivity index (χ1v) is 7.08. The lowest BCUT2D eigenvalue weighted by Crippen LogP contribution is -2.55. The van der Waals surface area contributed by atoms with Crippen LogP contribution in [0.2, 0.25) is 0 Å². The molecule has 1 N–H and O–H groups in total. The van der Waals surface area contributed by atoms with Crippen LogP contribution < -0.4 is 5.32 Å². The highest BCUT2D eigenvalue weighted by molar-refractivity contribution is 9.10. The van der Waals surface area contributed by atoms with Gasteiger partial charge in [-0.15, -0.1) is 0 Å². The van der Waals surface area contributed by atoms with Gasteiger partial charge in [-0.3, -0.25) is 19.7 Å². The number of piperidine rings is 1. The number of carbonyl (C=O) groups excluding carboxylic acids is 3. The van der Waals surface area contributed by atoms with Gasteiger partial charge in [-0.1, -0.05) is 40.2 Å². The van der Waals surface area contributed by atoms with Crippen LogP contribution >= 0.6 is 15.9 Å². The number of halogens is 1. The summed E-state index contributed by atoms with van der Waals surface area (Å²) in [7, 11) is 0. The third-order valence-corrected chi connectivity index (χ3v) is 4.73. The Labute approximate surface area is 118 Å². The fraction of sp³-hybridized carbons (Fsp3) is 0.357. The molecule has 2 aliphatic rings. The monoisotopic (exact) mass is 321 g/mol. The van der Waals surface area contributed by atoms with Gasteiger partial charge in [-0.25, -0.2) is 0 Å². The minimum atomic E-state index is -0.757. The molecule has 1 aliphatic heterocycles. The van der Waals surface area contributed by atoms with Crippen LogP contribution in [0.3, 0.4) is 0 Å². The Kier molecular flexibility index (Phi) is 2.82. The van der Waals surface area contributed by atoms with Crippen molar-refractivity contribution in [3.05, 3.63) is 35.4 Å². The molecule has 3 rings (SSSR count). The van der Waals surface area contributed by atoms with Gasteiger partial charge >= 0.3 is 0 Å². The van der Waals surface area contributed by atoms with Crippen LogP contribution in [0.5, 0.6) is 0 Å². The maximum atomic E-state index is 12.3. The normalized spacial score (nSPS) is 30.2. The van der Waals surface area contributed by atoms with E-state index in [1.54, 1.807) is 12.1 Å². The Morgan fingerprint density at radius 1 is 1.21 bits per heavy atom. The fourth-order valence-corrected chi connectivity index (χ4v) is 3.79. The first-order valence-electron chi connectivity index (χ1n) is 6.17. The van der Waals surface area contributed by atoms with Crippen molar-refractivity contribution in [2.45, 2.75) is 29.5 Å². The van der Waals surface area contributed by atoms with Gasteiger partial charge in [0.1, 0.15) is 0 Å². The van der Waals surface area contributed by atoms with Gasteiger partial charge in [0.15, 0.2) is 5.78 Å². The molecule has 5 heteroatoms. The van der Waals surface area contributed by atoms with E-state index in [-0.39, 0.29) is 22.4 Å². The zero-order valence-corrected chi connectivity index (χ0v) is 11.7. The fourth-order valence-electron chi connectivity index (χ4n) is 2.99. The quantitative estimate of drug-likeness (QED) is 0.584. The topological polar surface area (TPSA) is 63.2 Å². The average molecular weight is 322 g/mol.